The Morgan fingerprint density at radius 3 is 2.65 bits per heavy atom. The van der Waals surface area contributed by atoms with E-state index in [1.807, 2.05) is 20.8 Å². The quantitative estimate of drug-likeness (QED) is 0.735. The van der Waals surface area contributed by atoms with Gasteiger partial charge in [0, 0.05) is 28.3 Å². The number of halogens is 2. The molecule has 0 aromatic heterocycles. The maximum atomic E-state index is 13.3. The second kappa shape index (κ2) is 6.75. The van der Waals surface area contributed by atoms with E-state index in [2.05, 4.69) is 5.32 Å². The first-order chi connectivity index (χ1) is 12.2. The average molecular weight is 394 g/mol. The summed E-state index contributed by atoms with van der Waals surface area (Å²) in [6.45, 7) is 5.67. The van der Waals surface area contributed by atoms with Crippen molar-refractivity contribution in [1.82, 2.24) is 5.32 Å². The summed E-state index contributed by atoms with van der Waals surface area (Å²) in [6, 6.07) is 5.26. The summed E-state index contributed by atoms with van der Waals surface area (Å²) < 4.78 is 5.00. The number of esters is 1. The SMILES string of the molecule is COC(=O)C1=C(C)NC2=C(C(=O)C(C)(C)CC2)C1c1cccc(Cl)c1Cl. The van der Waals surface area contributed by atoms with E-state index in [1.165, 1.54) is 7.11 Å². The average Bonchev–Trinajstić information content (AvgIpc) is 2.59. The summed E-state index contributed by atoms with van der Waals surface area (Å²) in [5, 5.41) is 3.98. The molecule has 1 unspecified atom stereocenters. The van der Waals surface area contributed by atoms with Gasteiger partial charge in [0.05, 0.1) is 22.7 Å². The Hall–Kier alpha value is -1.78. The third-order valence-electron chi connectivity index (χ3n) is 5.20. The lowest BCUT2D eigenvalue weighted by molar-refractivity contribution is -0.136. The van der Waals surface area contributed by atoms with Crippen molar-refractivity contribution in [2.24, 2.45) is 5.41 Å². The van der Waals surface area contributed by atoms with Gasteiger partial charge in [0.15, 0.2) is 5.78 Å². The third-order valence-corrected chi connectivity index (χ3v) is 6.04. The fourth-order valence-corrected chi connectivity index (χ4v) is 4.13. The Balaban J connectivity index is 2.29. The molecule has 0 fully saturated rings. The number of allylic oxidation sites excluding steroid dienone is 3. The molecular weight excluding hydrogens is 373 g/mol. The highest BCUT2D eigenvalue weighted by molar-refractivity contribution is 6.42. The monoisotopic (exact) mass is 393 g/mol. The minimum absolute atomic E-state index is 0.0150. The number of hydrogen-bond donors (Lipinski definition) is 1. The Bertz CT molecular complexity index is 868. The summed E-state index contributed by atoms with van der Waals surface area (Å²) in [4.78, 5) is 25.8. The lowest BCUT2D eigenvalue weighted by atomic mass is 9.67. The largest absolute Gasteiger partial charge is 0.466 e. The fourth-order valence-electron chi connectivity index (χ4n) is 3.71. The number of carbonyl (C=O) groups excluding carboxylic acids is 2. The van der Waals surface area contributed by atoms with Crippen LogP contribution in [-0.2, 0) is 14.3 Å². The normalized spacial score (nSPS) is 22.1. The molecule has 1 aromatic rings. The van der Waals surface area contributed by atoms with Crippen LogP contribution < -0.4 is 5.32 Å². The molecule has 0 spiro atoms. The molecule has 0 radical (unpaired) electrons. The van der Waals surface area contributed by atoms with Crippen molar-refractivity contribution in [3.05, 3.63) is 56.3 Å². The predicted octanol–water partition coefficient (Wildman–Crippen LogP) is 4.77. The first kappa shape index (κ1) is 19.0. The molecule has 1 N–H and O–H groups in total. The second-order valence-corrected chi connectivity index (χ2v) is 8.12. The van der Waals surface area contributed by atoms with Crippen LogP contribution in [0.5, 0.6) is 0 Å². The molecule has 3 rings (SSSR count). The van der Waals surface area contributed by atoms with Crippen molar-refractivity contribution < 1.29 is 14.3 Å². The fraction of sp³-hybridized carbons (Fsp3) is 0.400. The van der Waals surface area contributed by atoms with E-state index < -0.39 is 17.3 Å². The number of hydrogen-bond acceptors (Lipinski definition) is 4. The summed E-state index contributed by atoms with van der Waals surface area (Å²) in [5.41, 5.74) is 2.62. The standard InChI is InChI=1S/C20H21Cl2NO3/c1-10-14(19(25)26-4)15(11-6-5-7-12(21)17(11)22)16-13(23-10)8-9-20(2,3)18(16)24/h5-7,15,23H,8-9H2,1-4H3. The lowest BCUT2D eigenvalue weighted by Gasteiger charge is -2.39. The van der Waals surface area contributed by atoms with Crippen LogP contribution in [0.4, 0.5) is 0 Å². The van der Waals surface area contributed by atoms with Crippen LogP contribution >= 0.6 is 23.2 Å². The van der Waals surface area contributed by atoms with Crippen molar-refractivity contribution in [3.8, 4) is 0 Å². The first-order valence-electron chi connectivity index (χ1n) is 8.47. The van der Waals surface area contributed by atoms with E-state index in [0.29, 0.717) is 32.5 Å². The molecule has 1 aliphatic carbocycles. The smallest absolute Gasteiger partial charge is 0.336 e. The molecule has 0 amide bonds. The number of ether oxygens (including phenoxy) is 1. The van der Waals surface area contributed by atoms with E-state index >= 15 is 0 Å². The summed E-state index contributed by atoms with van der Waals surface area (Å²) in [7, 11) is 1.33. The molecule has 0 saturated heterocycles. The van der Waals surface area contributed by atoms with E-state index in [9.17, 15) is 9.59 Å². The van der Waals surface area contributed by atoms with Gasteiger partial charge in [-0.3, -0.25) is 4.79 Å². The molecule has 0 saturated carbocycles. The zero-order valence-corrected chi connectivity index (χ0v) is 16.7. The van der Waals surface area contributed by atoms with Crippen molar-refractivity contribution in [1.29, 1.82) is 0 Å². The Morgan fingerprint density at radius 2 is 2.00 bits per heavy atom. The van der Waals surface area contributed by atoms with Gasteiger partial charge in [-0.2, -0.15) is 0 Å². The van der Waals surface area contributed by atoms with Crippen LogP contribution in [0.1, 0.15) is 45.1 Å². The van der Waals surface area contributed by atoms with Crippen LogP contribution in [0.2, 0.25) is 10.0 Å². The molecule has 0 bridgehead atoms. The summed E-state index contributed by atoms with van der Waals surface area (Å²) in [6.07, 6.45) is 1.48. The van der Waals surface area contributed by atoms with E-state index in [4.69, 9.17) is 27.9 Å². The topological polar surface area (TPSA) is 55.4 Å². The third kappa shape index (κ3) is 2.95. The molecule has 1 atom stereocenters. The van der Waals surface area contributed by atoms with Crippen molar-refractivity contribution in [2.75, 3.05) is 7.11 Å². The Kier molecular flexibility index (Phi) is 4.93. The Labute approximate surface area is 163 Å². The summed E-state index contributed by atoms with van der Waals surface area (Å²) >= 11 is 12.7. The molecule has 1 aliphatic heterocycles. The van der Waals surface area contributed by atoms with E-state index in [0.717, 1.165) is 18.5 Å². The summed E-state index contributed by atoms with van der Waals surface area (Å²) in [5.74, 6) is -1.07. The van der Waals surface area contributed by atoms with Crippen LogP contribution in [0.15, 0.2) is 40.7 Å². The van der Waals surface area contributed by atoms with Gasteiger partial charge in [-0.25, -0.2) is 4.79 Å². The minimum atomic E-state index is -0.600. The van der Waals surface area contributed by atoms with Gasteiger partial charge >= 0.3 is 5.97 Å². The number of dihydropyridines is 1. The van der Waals surface area contributed by atoms with Crippen LogP contribution in [0.3, 0.4) is 0 Å². The van der Waals surface area contributed by atoms with Crippen molar-refractivity contribution >= 4 is 35.0 Å². The molecule has 138 valence electrons. The van der Waals surface area contributed by atoms with Gasteiger partial charge in [-0.05, 0) is 31.4 Å². The van der Waals surface area contributed by atoms with Crippen LogP contribution in [0, 0.1) is 5.41 Å². The number of carbonyl (C=O) groups is 2. The first-order valence-corrected chi connectivity index (χ1v) is 9.22. The van der Waals surface area contributed by atoms with Gasteiger partial charge in [-0.1, -0.05) is 49.2 Å². The lowest BCUT2D eigenvalue weighted by Crippen LogP contribution is -2.40. The number of nitrogens with one attached hydrogen (secondary N) is 1. The zero-order valence-electron chi connectivity index (χ0n) is 15.2. The number of rotatable bonds is 2. The predicted molar refractivity (Wildman–Crippen MR) is 102 cm³/mol. The Morgan fingerprint density at radius 1 is 1.31 bits per heavy atom. The van der Waals surface area contributed by atoms with Crippen LogP contribution in [-0.4, -0.2) is 18.9 Å². The molecule has 1 heterocycles. The maximum Gasteiger partial charge on any atom is 0.336 e. The van der Waals surface area contributed by atoms with Gasteiger partial charge < -0.3 is 10.1 Å². The number of benzene rings is 1. The zero-order chi connectivity index (χ0) is 19.2. The molecule has 2 aliphatic rings. The molecule has 1 aromatic carbocycles. The van der Waals surface area contributed by atoms with Crippen LogP contribution in [0.25, 0.3) is 0 Å². The minimum Gasteiger partial charge on any atom is -0.466 e. The van der Waals surface area contributed by atoms with E-state index in [-0.39, 0.29) is 5.78 Å². The number of Topliss-reactive ketones (excluding diaryl/α,β-unsaturated/α-hetero) is 1. The van der Waals surface area contributed by atoms with Crippen molar-refractivity contribution in [2.45, 2.75) is 39.5 Å². The highest BCUT2D eigenvalue weighted by Crippen LogP contribution is 2.48. The second-order valence-electron chi connectivity index (χ2n) is 7.34. The van der Waals surface area contributed by atoms with E-state index in [1.54, 1.807) is 18.2 Å². The van der Waals surface area contributed by atoms with Crippen molar-refractivity contribution in [3.63, 3.8) is 0 Å². The highest BCUT2D eigenvalue weighted by atomic mass is 35.5. The highest BCUT2D eigenvalue weighted by Gasteiger charge is 2.45. The molecular formula is C20H21Cl2NO3. The maximum absolute atomic E-state index is 13.3. The molecule has 4 nitrogen and oxygen atoms in total. The molecule has 6 heteroatoms. The van der Waals surface area contributed by atoms with Gasteiger partial charge in [0.1, 0.15) is 0 Å². The number of ketones is 1. The molecule has 26 heavy (non-hydrogen) atoms. The van der Waals surface area contributed by atoms with Gasteiger partial charge in [-0.15, -0.1) is 0 Å². The van der Waals surface area contributed by atoms with Gasteiger partial charge in [0.2, 0.25) is 0 Å². The van der Waals surface area contributed by atoms with Gasteiger partial charge in [0.25, 0.3) is 0 Å². The number of methoxy groups -OCH3 is 1.